The van der Waals surface area contributed by atoms with Crippen LogP contribution in [0.15, 0.2) is 48.1 Å². The highest BCUT2D eigenvalue weighted by atomic mass is 16.8. The van der Waals surface area contributed by atoms with Crippen LogP contribution in [0.25, 0.3) is 6.08 Å². The molecule has 1 aromatic carbocycles. The van der Waals surface area contributed by atoms with E-state index in [0.717, 1.165) is 0 Å². The second kappa shape index (κ2) is 30.2. The van der Waals surface area contributed by atoms with Crippen LogP contribution in [-0.4, -0.2) is 303 Å². The molecule has 5 aliphatic carbocycles. The quantitative estimate of drug-likeness (QED) is 0.0460. The van der Waals surface area contributed by atoms with E-state index in [-0.39, 0.29) is 24.7 Å². The Morgan fingerprint density at radius 3 is 1.69 bits per heavy atom. The van der Waals surface area contributed by atoms with Crippen molar-refractivity contribution in [3.63, 3.8) is 0 Å². The van der Waals surface area contributed by atoms with Crippen molar-refractivity contribution in [3.05, 3.63) is 53.6 Å². The van der Waals surface area contributed by atoms with Gasteiger partial charge in [0.25, 0.3) is 0 Å². The zero-order chi connectivity index (χ0) is 77.4. The van der Waals surface area contributed by atoms with Gasteiger partial charge in [-0.25, -0.2) is 14.4 Å². The molecule has 2 bridgehead atoms. The van der Waals surface area contributed by atoms with Crippen molar-refractivity contribution in [2.45, 2.75) is 317 Å². The number of hydrogen-bond donors (Lipinski definition) is 16. The summed E-state index contributed by atoms with van der Waals surface area (Å²) < 4.78 is 82.1. The fraction of sp³-hybridized carbons (Fsp3) is 0.824. The monoisotopic (exact) mass is 1510 g/mol. The van der Waals surface area contributed by atoms with Crippen molar-refractivity contribution in [2.24, 2.45) is 50.2 Å². The van der Waals surface area contributed by atoms with Crippen LogP contribution < -0.4 is 0 Å². The van der Waals surface area contributed by atoms with Gasteiger partial charge in [-0.15, -0.1) is 0 Å². The number of carboxylic acid groups (broad SMARTS) is 1. The number of aliphatic hydroxyl groups excluding tert-OH is 15. The lowest BCUT2D eigenvalue weighted by atomic mass is 9.30. The van der Waals surface area contributed by atoms with Crippen molar-refractivity contribution in [1.82, 2.24) is 0 Å². The first-order valence-corrected chi connectivity index (χ1v) is 37.0. The Morgan fingerprint density at radius 2 is 1.07 bits per heavy atom. The molecule has 32 nitrogen and oxygen atoms in total. The third kappa shape index (κ3) is 13.3. The van der Waals surface area contributed by atoms with E-state index in [1.807, 2.05) is 58.0 Å². The molecule has 38 atom stereocenters. The molecule has 0 aromatic heterocycles. The minimum atomic E-state index is -2.38. The molecule has 0 unspecified atom stereocenters. The average molecular weight is 1510 g/mol. The molecule has 0 amide bonds. The van der Waals surface area contributed by atoms with Gasteiger partial charge in [0.05, 0.1) is 48.6 Å². The van der Waals surface area contributed by atoms with Crippen molar-refractivity contribution < 1.29 is 158 Å². The molecule has 32 heteroatoms. The number of allylic oxidation sites excluding steroid dienone is 1. The topological polar surface area (TPSA) is 495 Å². The van der Waals surface area contributed by atoms with Crippen LogP contribution in [0.5, 0.6) is 0 Å². The lowest BCUT2D eigenvalue weighted by Crippen LogP contribution is -2.77. The van der Waals surface area contributed by atoms with Crippen LogP contribution in [-0.2, 0) is 76.0 Å². The Balaban J connectivity index is 0.856. The number of fused-ring (bicyclic) bond motifs is 4. The third-order valence-corrected chi connectivity index (χ3v) is 27.3. The SMILES string of the molecule is CC=C(C)C(=O)O[C@H]1[C@H](OC(=O)C=Cc2ccccc2)[C@@]23[C@H](O)C[C@]4(C)[C@@](CC[C@@H]5[C@@]6(C)CC[C@H](O[C@@H]7O[C@H](C(=O)O)[C@@H](O)[C@H](O[C@@H]8O[C@H](CO)[C@H](O)[C@H](O)[C@H]8O[C@@H]8O[C@@H](C)[C@H](O)[C@@H](O)[C@H]8O[C@@H]8O[C@@H](C)[C@H](O)[C@@H](O)[C@H]8O)[C@H]7O[C@@H]7O[C@H](CO)[C@H](O)[C@H](O)[C@H]7O)C(C)(C)[C@@H]6CC[C@]54C)(O[C@@H]2O)[C@@H]3CC1(C)C. The molecule has 106 heavy (non-hydrogen) atoms. The normalized spacial score (nSPS) is 51.3. The molecule has 0 radical (unpaired) electrons. The number of aliphatic hydroxyl groups is 15. The molecule has 11 fully saturated rings. The number of benzene rings is 1. The van der Waals surface area contributed by atoms with Gasteiger partial charge in [0.2, 0.25) is 0 Å². The van der Waals surface area contributed by atoms with E-state index in [0.29, 0.717) is 49.7 Å². The van der Waals surface area contributed by atoms with E-state index < -0.39 is 259 Å². The van der Waals surface area contributed by atoms with Gasteiger partial charge < -0.3 is 143 Å². The molecule has 1 spiro atoms. The maximum absolute atomic E-state index is 14.3. The average Bonchev–Trinajstić information content (AvgIpc) is 1.39. The second-order valence-corrected chi connectivity index (χ2v) is 33.6. The number of carboxylic acids is 1. The number of ether oxygens (including phenoxy) is 13. The van der Waals surface area contributed by atoms with Crippen molar-refractivity contribution in [1.29, 1.82) is 0 Å². The molecular weight excluding hydrogens is 1400 g/mol. The number of aliphatic carboxylic acids is 1. The van der Waals surface area contributed by atoms with Crippen molar-refractivity contribution in [2.75, 3.05) is 13.2 Å². The molecule has 5 saturated carbocycles. The molecule has 598 valence electrons. The fourth-order valence-corrected chi connectivity index (χ4v) is 21.2. The third-order valence-electron chi connectivity index (χ3n) is 27.3. The summed E-state index contributed by atoms with van der Waals surface area (Å²) in [4.78, 5) is 41.7. The molecule has 11 aliphatic rings. The van der Waals surface area contributed by atoms with Gasteiger partial charge in [-0.1, -0.05) is 84.9 Å². The summed E-state index contributed by atoms with van der Waals surface area (Å²) in [6, 6.07) is 9.10. The van der Waals surface area contributed by atoms with E-state index in [1.54, 1.807) is 26.0 Å². The zero-order valence-electron chi connectivity index (χ0n) is 61.4. The summed E-state index contributed by atoms with van der Waals surface area (Å²) in [5, 5.41) is 182. The minimum Gasteiger partial charge on any atom is -0.479 e. The molecule has 16 N–H and O–H groups in total. The number of hydrogen-bond acceptors (Lipinski definition) is 31. The molecule has 6 heterocycles. The predicted octanol–water partition coefficient (Wildman–Crippen LogP) is -1.34. The highest BCUT2D eigenvalue weighted by Gasteiger charge is 2.86. The van der Waals surface area contributed by atoms with Crippen LogP contribution in [0.1, 0.15) is 133 Å². The smallest absolute Gasteiger partial charge is 0.335 e. The van der Waals surface area contributed by atoms with Gasteiger partial charge in [-0.2, -0.15) is 0 Å². The van der Waals surface area contributed by atoms with E-state index in [4.69, 9.17) is 61.6 Å². The summed E-state index contributed by atoms with van der Waals surface area (Å²) in [7, 11) is 0. The molecule has 1 aromatic rings. The van der Waals surface area contributed by atoms with Crippen LogP contribution in [0.3, 0.4) is 0 Å². The van der Waals surface area contributed by atoms with Gasteiger partial charge >= 0.3 is 17.9 Å². The number of carbonyl (C=O) groups is 3. The lowest BCUT2D eigenvalue weighted by molar-refractivity contribution is -0.412. The van der Waals surface area contributed by atoms with Gasteiger partial charge in [0.15, 0.2) is 49.9 Å². The summed E-state index contributed by atoms with van der Waals surface area (Å²) in [6.07, 6.45) is -47.3. The maximum Gasteiger partial charge on any atom is 0.335 e. The zero-order valence-corrected chi connectivity index (χ0v) is 61.4. The van der Waals surface area contributed by atoms with E-state index >= 15 is 0 Å². The van der Waals surface area contributed by atoms with Gasteiger partial charge in [0, 0.05) is 28.4 Å². The van der Waals surface area contributed by atoms with E-state index in [2.05, 4.69) is 20.8 Å². The Morgan fingerprint density at radius 1 is 0.538 bits per heavy atom. The molecule has 6 saturated heterocycles. The highest BCUT2D eigenvalue weighted by molar-refractivity contribution is 5.88. The van der Waals surface area contributed by atoms with E-state index in [9.17, 15) is 96.1 Å². The van der Waals surface area contributed by atoms with Gasteiger partial charge in [-0.3, -0.25) is 0 Å². The predicted molar refractivity (Wildman–Crippen MR) is 359 cm³/mol. The summed E-state index contributed by atoms with van der Waals surface area (Å²) >= 11 is 0. The minimum absolute atomic E-state index is 0.0915. The number of rotatable bonds is 18. The second-order valence-electron chi connectivity index (χ2n) is 33.6. The molecular formula is C74H110O32. The fourth-order valence-electron chi connectivity index (χ4n) is 21.2. The molecule has 12 rings (SSSR count). The largest absolute Gasteiger partial charge is 0.479 e. The standard InChI is InChI=1S/C74H110O32/c1-12-30(2)61(92)105-58-59(99-41(78)19-18-33-16-14-13-15-17-33)74-38(26-68(58,5)6)73(106-67(74)93)25-21-37-70(9)23-22-40(69(7,8)36(70)20-24-71(37,10)72(73,11)27-39(74)77)98-66-57(104-63-51(88)47(84)44(81)34(28-75)96-63)53(52(89)54(101-66)60(90)91)100-65-56(49(86)45(82)35(29-76)97-65)103-64-55(48(85)43(80)32(4)95-64)102-62-50(87)46(83)42(79)31(3)94-62/h12-19,31-32,34-40,42-59,62-67,75-77,79-89,93H,20-29H2,1-11H3,(H,90,91)/t31-,32-,34+,35+,36-,37+,38-,39+,40-,42-,43-,44-,45-,46+,47-,48+,49-,50+,51+,52-,53-,54-,55+,56+,57+,58-,59-,62-,63-,64-,65-,66+,67-,70-,71+,72-,73-,74+/m0/s1. The Kier molecular flexibility index (Phi) is 23.2. The Hall–Kier alpha value is -3.93. The summed E-state index contributed by atoms with van der Waals surface area (Å²) in [5.74, 6) is -4.20. The van der Waals surface area contributed by atoms with Gasteiger partial charge in [0.1, 0.15) is 110 Å². The first-order chi connectivity index (χ1) is 49.7. The maximum atomic E-state index is 14.3. The summed E-state index contributed by atoms with van der Waals surface area (Å²) in [6.45, 7) is 18.5. The van der Waals surface area contributed by atoms with Gasteiger partial charge in [-0.05, 0) is 119 Å². The first-order valence-electron chi connectivity index (χ1n) is 37.0. The van der Waals surface area contributed by atoms with Crippen molar-refractivity contribution in [3.8, 4) is 0 Å². The van der Waals surface area contributed by atoms with E-state index in [1.165, 1.54) is 19.9 Å². The Bertz CT molecular complexity index is 3340. The highest BCUT2D eigenvalue weighted by Crippen LogP contribution is 2.82. The first kappa shape index (κ1) is 81.6. The summed E-state index contributed by atoms with van der Waals surface area (Å²) in [5.41, 5.74) is -5.73. The Labute approximate surface area is 613 Å². The van der Waals surface area contributed by atoms with Crippen LogP contribution in [0.2, 0.25) is 0 Å². The lowest BCUT2D eigenvalue weighted by Gasteiger charge is -2.75. The van der Waals surface area contributed by atoms with Crippen molar-refractivity contribution >= 4 is 24.0 Å². The number of carbonyl (C=O) groups excluding carboxylic acids is 2. The molecule has 6 aliphatic heterocycles. The number of esters is 2. The van der Waals surface area contributed by atoms with Crippen LogP contribution in [0, 0.1) is 50.2 Å². The van der Waals surface area contributed by atoms with Crippen LogP contribution in [0.4, 0.5) is 0 Å². The van der Waals surface area contributed by atoms with Crippen LogP contribution >= 0.6 is 0 Å².